The fourth-order valence-electron chi connectivity index (χ4n) is 7.78. The van der Waals surface area contributed by atoms with E-state index in [4.69, 9.17) is 4.98 Å². The molecule has 35 heavy (non-hydrogen) atoms. The van der Waals surface area contributed by atoms with Crippen molar-refractivity contribution in [3.63, 3.8) is 0 Å². The molecule has 1 aromatic carbocycles. The monoisotopic (exact) mass is 470 g/mol. The first kappa shape index (κ1) is 24.6. The van der Waals surface area contributed by atoms with E-state index >= 15 is 0 Å². The summed E-state index contributed by atoms with van der Waals surface area (Å²) < 4.78 is 0. The van der Waals surface area contributed by atoms with Gasteiger partial charge >= 0.3 is 0 Å². The van der Waals surface area contributed by atoms with Crippen molar-refractivity contribution in [1.29, 1.82) is 0 Å². The van der Waals surface area contributed by atoms with Gasteiger partial charge in [0.15, 0.2) is 0 Å². The standard InChI is InChI=1S/C33H46N2/c1-6-29(23(3)21-27-13-17-30-22(2)10-16-31(27)30)33-25(5)20-24(4)32(34-33)26-11-14-28(15-12-26)35-18-8-7-9-19-35/h11-12,14-15,20,22,27,30-31H,6-10,13,16-19,21H2,1-5H3/b29-23+. The lowest BCUT2D eigenvalue weighted by molar-refractivity contribution is 0.323. The Morgan fingerprint density at radius 1 is 0.914 bits per heavy atom. The van der Waals surface area contributed by atoms with Gasteiger partial charge in [-0.2, -0.15) is 0 Å². The Morgan fingerprint density at radius 2 is 1.63 bits per heavy atom. The van der Waals surface area contributed by atoms with Crippen LogP contribution >= 0.6 is 0 Å². The summed E-state index contributed by atoms with van der Waals surface area (Å²) in [5, 5.41) is 0. The maximum absolute atomic E-state index is 5.36. The molecule has 0 spiro atoms. The fourth-order valence-corrected chi connectivity index (χ4v) is 7.78. The molecular formula is C33H46N2. The Bertz CT molecular complexity index is 1060. The van der Waals surface area contributed by atoms with Crippen LogP contribution in [0.3, 0.4) is 0 Å². The molecule has 0 amide bonds. The minimum Gasteiger partial charge on any atom is -0.372 e. The smallest absolute Gasteiger partial charge is 0.0738 e. The SMILES string of the molecule is CC/C(=C(/C)CC1CCC2C(C)CCC12)c1nc(-c2ccc(N3CCCCC3)cc2)c(C)cc1C. The van der Waals surface area contributed by atoms with Gasteiger partial charge < -0.3 is 4.90 Å². The molecule has 2 heteroatoms. The number of nitrogens with zero attached hydrogens (tertiary/aromatic N) is 2. The lowest BCUT2D eigenvalue weighted by atomic mass is 9.84. The molecule has 1 saturated heterocycles. The van der Waals surface area contributed by atoms with E-state index in [1.165, 1.54) is 98.1 Å². The Balaban J connectivity index is 1.41. The van der Waals surface area contributed by atoms with Crippen LogP contribution in [0.5, 0.6) is 0 Å². The molecule has 2 nitrogen and oxygen atoms in total. The molecule has 1 aliphatic heterocycles. The summed E-state index contributed by atoms with van der Waals surface area (Å²) in [5.74, 6) is 3.81. The first-order valence-electron chi connectivity index (χ1n) is 14.5. The number of piperidine rings is 1. The third-order valence-corrected chi connectivity index (χ3v) is 9.70. The van der Waals surface area contributed by atoms with E-state index in [-0.39, 0.29) is 0 Å². The summed E-state index contributed by atoms with van der Waals surface area (Å²) in [4.78, 5) is 7.89. The number of rotatable bonds is 6. The number of anilines is 1. The molecule has 0 bridgehead atoms. The van der Waals surface area contributed by atoms with Crippen molar-refractivity contribution >= 4 is 11.3 Å². The third-order valence-electron chi connectivity index (χ3n) is 9.70. The largest absolute Gasteiger partial charge is 0.372 e. The zero-order valence-corrected chi connectivity index (χ0v) is 22.9. The first-order chi connectivity index (χ1) is 17.0. The lowest BCUT2D eigenvalue weighted by Crippen LogP contribution is -2.29. The van der Waals surface area contributed by atoms with Crippen molar-refractivity contribution in [3.8, 4) is 11.3 Å². The molecule has 0 N–H and O–H groups in total. The van der Waals surface area contributed by atoms with Crippen molar-refractivity contribution in [2.75, 3.05) is 18.0 Å². The number of aryl methyl sites for hydroxylation is 2. The Kier molecular flexibility index (Phi) is 7.37. The van der Waals surface area contributed by atoms with Crippen LogP contribution in [0.2, 0.25) is 0 Å². The van der Waals surface area contributed by atoms with Crippen molar-refractivity contribution in [1.82, 2.24) is 4.98 Å². The molecule has 2 aliphatic carbocycles. The van der Waals surface area contributed by atoms with E-state index in [0.29, 0.717) is 0 Å². The molecule has 5 rings (SSSR count). The summed E-state index contributed by atoms with van der Waals surface area (Å²) in [6.07, 6.45) is 12.1. The minimum atomic E-state index is 0.888. The van der Waals surface area contributed by atoms with E-state index in [9.17, 15) is 0 Å². The van der Waals surface area contributed by atoms with E-state index < -0.39 is 0 Å². The molecule has 2 saturated carbocycles. The number of hydrogen-bond donors (Lipinski definition) is 0. The second-order valence-electron chi connectivity index (χ2n) is 12.0. The van der Waals surface area contributed by atoms with E-state index in [1.54, 1.807) is 5.57 Å². The highest BCUT2D eigenvalue weighted by Crippen LogP contribution is 2.52. The van der Waals surface area contributed by atoms with Gasteiger partial charge in [0.05, 0.1) is 11.4 Å². The summed E-state index contributed by atoms with van der Waals surface area (Å²) in [5.41, 5.74) is 10.7. The van der Waals surface area contributed by atoms with Crippen molar-refractivity contribution in [3.05, 3.63) is 52.7 Å². The van der Waals surface area contributed by atoms with Crippen LogP contribution in [0, 0.1) is 37.5 Å². The topological polar surface area (TPSA) is 16.1 Å². The summed E-state index contributed by atoms with van der Waals surface area (Å²) in [6.45, 7) is 14.1. The number of allylic oxidation sites excluding steroid dienone is 2. The summed E-state index contributed by atoms with van der Waals surface area (Å²) in [7, 11) is 0. The molecule has 2 heterocycles. The van der Waals surface area contributed by atoms with Crippen LogP contribution in [0.25, 0.3) is 16.8 Å². The number of aromatic nitrogens is 1. The lowest BCUT2D eigenvalue weighted by Gasteiger charge is -2.29. The average molecular weight is 471 g/mol. The Labute approximate surface area is 214 Å². The maximum Gasteiger partial charge on any atom is 0.0738 e. The molecule has 4 atom stereocenters. The van der Waals surface area contributed by atoms with Gasteiger partial charge in [0.25, 0.3) is 0 Å². The van der Waals surface area contributed by atoms with Gasteiger partial charge in [-0.15, -0.1) is 0 Å². The normalized spacial score (nSPS) is 27.2. The van der Waals surface area contributed by atoms with Gasteiger partial charge in [0, 0.05) is 24.3 Å². The highest BCUT2D eigenvalue weighted by molar-refractivity contribution is 5.73. The van der Waals surface area contributed by atoms with Crippen LogP contribution in [0.15, 0.2) is 35.9 Å². The number of fused-ring (bicyclic) bond motifs is 1. The van der Waals surface area contributed by atoms with Crippen LogP contribution in [0.4, 0.5) is 5.69 Å². The van der Waals surface area contributed by atoms with Crippen LogP contribution < -0.4 is 4.90 Å². The highest BCUT2D eigenvalue weighted by atomic mass is 15.1. The van der Waals surface area contributed by atoms with Gasteiger partial charge in [-0.25, -0.2) is 4.98 Å². The molecule has 3 aliphatic rings. The number of pyridine rings is 1. The van der Waals surface area contributed by atoms with Gasteiger partial charge in [-0.05, 0) is 125 Å². The van der Waals surface area contributed by atoms with Crippen molar-refractivity contribution < 1.29 is 0 Å². The minimum absolute atomic E-state index is 0.888. The zero-order valence-electron chi connectivity index (χ0n) is 22.9. The second kappa shape index (κ2) is 10.5. The number of hydrogen-bond acceptors (Lipinski definition) is 2. The quantitative estimate of drug-likeness (QED) is 0.419. The van der Waals surface area contributed by atoms with Crippen molar-refractivity contribution in [2.45, 2.75) is 92.4 Å². The van der Waals surface area contributed by atoms with Gasteiger partial charge in [0.1, 0.15) is 0 Å². The van der Waals surface area contributed by atoms with E-state index in [1.807, 2.05) is 0 Å². The predicted molar refractivity (Wildman–Crippen MR) is 151 cm³/mol. The summed E-state index contributed by atoms with van der Waals surface area (Å²) >= 11 is 0. The first-order valence-corrected chi connectivity index (χ1v) is 14.5. The van der Waals surface area contributed by atoms with Crippen LogP contribution in [-0.2, 0) is 0 Å². The Hall–Kier alpha value is -2.09. The van der Waals surface area contributed by atoms with E-state index in [0.717, 1.165) is 35.8 Å². The fraction of sp³-hybridized carbons (Fsp3) is 0.606. The van der Waals surface area contributed by atoms with Gasteiger partial charge in [0.2, 0.25) is 0 Å². The van der Waals surface area contributed by atoms with Crippen molar-refractivity contribution in [2.24, 2.45) is 23.7 Å². The van der Waals surface area contributed by atoms with Crippen LogP contribution in [-0.4, -0.2) is 18.1 Å². The third kappa shape index (κ3) is 4.95. The van der Waals surface area contributed by atoms with E-state index in [2.05, 4.69) is 69.9 Å². The molecule has 2 aromatic rings. The molecule has 0 radical (unpaired) electrons. The molecular weight excluding hydrogens is 424 g/mol. The maximum atomic E-state index is 5.36. The van der Waals surface area contributed by atoms with Gasteiger partial charge in [-0.3, -0.25) is 0 Å². The average Bonchev–Trinajstić information content (AvgIpc) is 3.44. The highest BCUT2D eigenvalue weighted by Gasteiger charge is 2.42. The molecule has 3 fully saturated rings. The second-order valence-corrected chi connectivity index (χ2v) is 12.0. The zero-order chi connectivity index (χ0) is 24.5. The predicted octanol–water partition coefficient (Wildman–Crippen LogP) is 9.00. The summed E-state index contributed by atoms with van der Waals surface area (Å²) in [6, 6.07) is 11.6. The molecule has 188 valence electrons. The Morgan fingerprint density at radius 3 is 2.34 bits per heavy atom. The number of benzene rings is 1. The molecule has 4 unspecified atom stereocenters. The molecule has 1 aromatic heterocycles. The van der Waals surface area contributed by atoms with Gasteiger partial charge in [-0.1, -0.05) is 44.0 Å². The van der Waals surface area contributed by atoms with Crippen LogP contribution in [0.1, 0.15) is 95.4 Å².